The van der Waals surface area contributed by atoms with Crippen LogP contribution in [0.15, 0.2) is 0 Å². The summed E-state index contributed by atoms with van der Waals surface area (Å²) in [5.41, 5.74) is 0. The highest BCUT2D eigenvalue weighted by Crippen LogP contribution is 2.24. The van der Waals surface area contributed by atoms with E-state index >= 15 is 0 Å². The molecule has 0 aromatic rings. The smallest absolute Gasteiger partial charge is 0.0580 e. The van der Waals surface area contributed by atoms with Gasteiger partial charge in [0.2, 0.25) is 0 Å². The van der Waals surface area contributed by atoms with E-state index in [9.17, 15) is 5.11 Å². The van der Waals surface area contributed by atoms with Gasteiger partial charge in [0.25, 0.3) is 0 Å². The fraction of sp³-hybridized carbons (Fsp3) is 1.00. The normalized spacial score (nSPS) is 29.4. The summed E-state index contributed by atoms with van der Waals surface area (Å²) in [6.45, 7) is 5.48. The van der Waals surface area contributed by atoms with Crippen molar-refractivity contribution in [2.24, 2.45) is 5.92 Å². The first-order chi connectivity index (χ1) is 6.74. The lowest BCUT2D eigenvalue weighted by molar-refractivity contribution is 0.130. The highest BCUT2D eigenvalue weighted by molar-refractivity contribution is 4.79. The first-order valence-corrected chi connectivity index (χ1v) is 6.15. The summed E-state index contributed by atoms with van der Waals surface area (Å²) in [4.78, 5) is 0. The second-order valence-electron chi connectivity index (χ2n) is 4.71. The van der Waals surface area contributed by atoms with Gasteiger partial charge < -0.3 is 10.4 Å². The van der Waals surface area contributed by atoms with Gasteiger partial charge in [-0.3, -0.25) is 0 Å². The molecule has 1 aliphatic rings. The van der Waals surface area contributed by atoms with E-state index < -0.39 is 0 Å². The third-order valence-electron chi connectivity index (χ3n) is 3.34. The van der Waals surface area contributed by atoms with Crippen molar-refractivity contribution in [2.45, 2.75) is 64.5 Å². The summed E-state index contributed by atoms with van der Waals surface area (Å²) in [5.74, 6) is 0.513. The summed E-state index contributed by atoms with van der Waals surface area (Å²) < 4.78 is 0. The number of unbranched alkanes of at least 4 members (excludes halogenated alkanes) is 1. The molecule has 2 nitrogen and oxygen atoms in total. The van der Waals surface area contributed by atoms with Crippen LogP contribution in [-0.2, 0) is 0 Å². The highest BCUT2D eigenvalue weighted by atomic mass is 16.3. The van der Waals surface area contributed by atoms with Crippen LogP contribution in [-0.4, -0.2) is 23.8 Å². The monoisotopic (exact) mass is 199 g/mol. The van der Waals surface area contributed by atoms with E-state index in [4.69, 9.17) is 0 Å². The van der Waals surface area contributed by atoms with E-state index in [1.54, 1.807) is 0 Å². The molecule has 84 valence electrons. The summed E-state index contributed by atoms with van der Waals surface area (Å²) in [5, 5.41) is 13.2. The van der Waals surface area contributed by atoms with E-state index in [1.807, 2.05) is 0 Å². The van der Waals surface area contributed by atoms with Crippen molar-refractivity contribution >= 4 is 0 Å². The quantitative estimate of drug-likeness (QED) is 0.688. The molecule has 1 saturated carbocycles. The van der Waals surface area contributed by atoms with Gasteiger partial charge in [-0.1, -0.05) is 26.2 Å². The Hall–Kier alpha value is -0.0800. The van der Waals surface area contributed by atoms with Crippen molar-refractivity contribution in [1.82, 2.24) is 5.32 Å². The molecule has 1 rings (SSSR count). The van der Waals surface area contributed by atoms with E-state index in [1.165, 1.54) is 32.1 Å². The number of hydrogen-bond acceptors (Lipinski definition) is 2. The van der Waals surface area contributed by atoms with E-state index in [-0.39, 0.29) is 6.10 Å². The van der Waals surface area contributed by atoms with Gasteiger partial charge in [-0.25, -0.2) is 0 Å². The fourth-order valence-corrected chi connectivity index (χ4v) is 2.22. The maximum absolute atomic E-state index is 9.64. The molecule has 0 amide bonds. The maximum Gasteiger partial charge on any atom is 0.0580 e. The molecule has 0 spiro atoms. The molecule has 0 aromatic heterocycles. The highest BCUT2D eigenvalue weighted by Gasteiger charge is 2.24. The van der Waals surface area contributed by atoms with Crippen LogP contribution >= 0.6 is 0 Å². The van der Waals surface area contributed by atoms with Crippen LogP contribution in [0.1, 0.15) is 52.4 Å². The summed E-state index contributed by atoms with van der Waals surface area (Å²) in [6.07, 6.45) is 7.22. The summed E-state index contributed by atoms with van der Waals surface area (Å²) in [6, 6.07) is 0.614. The van der Waals surface area contributed by atoms with Crippen LogP contribution in [0.25, 0.3) is 0 Å². The van der Waals surface area contributed by atoms with Gasteiger partial charge in [-0.15, -0.1) is 0 Å². The number of aliphatic hydroxyl groups is 1. The molecule has 0 saturated heterocycles. The predicted octanol–water partition coefficient (Wildman–Crippen LogP) is 2.32. The van der Waals surface area contributed by atoms with Crippen molar-refractivity contribution in [2.75, 3.05) is 6.54 Å². The largest absolute Gasteiger partial charge is 0.393 e. The number of rotatable bonds is 6. The molecule has 2 heteroatoms. The van der Waals surface area contributed by atoms with Crippen LogP contribution in [0, 0.1) is 5.92 Å². The first-order valence-electron chi connectivity index (χ1n) is 6.15. The Morgan fingerprint density at radius 1 is 1.43 bits per heavy atom. The maximum atomic E-state index is 9.64. The summed E-state index contributed by atoms with van der Waals surface area (Å²) >= 11 is 0. The average molecular weight is 199 g/mol. The SMILES string of the molecule is CCCCC(C)NCC1CCCC1O. The molecule has 3 atom stereocenters. The van der Waals surface area contributed by atoms with Gasteiger partial charge in [0.05, 0.1) is 6.10 Å². The third-order valence-corrected chi connectivity index (χ3v) is 3.34. The second kappa shape index (κ2) is 6.41. The van der Waals surface area contributed by atoms with Gasteiger partial charge in [0, 0.05) is 12.6 Å². The van der Waals surface area contributed by atoms with Crippen LogP contribution in [0.2, 0.25) is 0 Å². The van der Waals surface area contributed by atoms with E-state index in [2.05, 4.69) is 19.2 Å². The number of aliphatic hydroxyl groups excluding tert-OH is 1. The third kappa shape index (κ3) is 3.97. The lowest BCUT2D eigenvalue weighted by Crippen LogP contribution is -2.33. The van der Waals surface area contributed by atoms with Crippen molar-refractivity contribution in [3.05, 3.63) is 0 Å². The molecular weight excluding hydrogens is 174 g/mol. The average Bonchev–Trinajstić information content (AvgIpc) is 2.58. The molecule has 0 bridgehead atoms. The topological polar surface area (TPSA) is 32.3 Å². The molecule has 0 aromatic carbocycles. The van der Waals surface area contributed by atoms with Crippen molar-refractivity contribution < 1.29 is 5.11 Å². The molecule has 1 aliphatic carbocycles. The molecule has 2 N–H and O–H groups in total. The Morgan fingerprint density at radius 3 is 2.79 bits per heavy atom. The Morgan fingerprint density at radius 2 is 2.21 bits per heavy atom. The molecule has 0 heterocycles. The van der Waals surface area contributed by atoms with Crippen LogP contribution in [0.4, 0.5) is 0 Å². The van der Waals surface area contributed by atoms with Gasteiger partial charge in [0.15, 0.2) is 0 Å². The number of nitrogens with one attached hydrogen (secondary N) is 1. The Balaban J connectivity index is 2.07. The molecule has 1 fully saturated rings. The van der Waals surface area contributed by atoms with Gasteiger partial charge in [0.1, 0.15) is 0 Å². The van der Waals surface area contributed by atoms with E-state index in [0.717, 1.165) is 13.0 Å². The molecular formula is C12H25NO. The van der Waals surface area contributed by atoms with Crippen molar-refractivity contribution in [3.8, 4) is 0 Å². The minimum absolute atomic E-state index is 0.0409. The number of hydrogen-bond donors (Lipinski definition) is 2. The zero-order valence-corrected chi connectivity index (χ0v) is 9.63. The Kier molecular flexibility index (Phi) is 5.49. The molecule has 0 aliphatic heterocycles. The van der Waals surface area contributed by atoms with Crippen LogP contribution in [0.3, 0.4) is 0 Å². The van der Waals surface area contributed by atoms with Crippen LogP contribution < -0.4 is 5.32 Å². The summed E-state index contributed by atoms with van der Waals surface area (Å²) in [7, 11) is 0. The lowest BCUT2D eigenvalue weighted by Gasteiger charge is -2.19. The molecule has 3 unspecified atom stereocenters. The zero-order chi connectivity index (χ0) is 10.4. The fourth-order valence-electron chi connectivity index (χ4n) is 2.22. The minimum atomic E-state index is -0.0409. The van der Waals surface area contributed by atoms with Gasteiger partial charge in [-0.2, -0.15) is 0 Å². The second-order valence-corrected chi connectivity index (χ2v) is 4.71. The molecule has 14 heavy (non-hydrogen) atoms. The predicted molar refractivity (Wildman–Crippen MR) is 60.3 cm³/mol. The van der Waals surface area contributed by atoms with Crippen molar-refractivity contribution in [1.29, 1.82) is 0 Å². The first kappa shape index (κ1) is 12.0. The van der Waals surface area contributed by atoms with Gasteiger partial charge in [-0.05, 0) is 32.1 Å². The lowest BCUT2D eigenvalue weighted by atomic mass is 10.1. The van der Waals surface area contributed by atoms with Crippen LogP contribution in [0.5, 0.6) is 0 Å². The van der Waals surface area contributed by atoms with E-state index in [0.29, 0.717) is 12.0 Å². The Labute approximate surface area is 88.1 Å². The minimum Gasteiger partial charge on any atom is -0.393 e. The standard InChI is InChI=1S/C12H25NO/c1-3-4-6-10(2)13-9-11-7-5-8-12(11)14/h10-14H,3-9H2,1-2H3. The van der Waals surface area contributed by atoms with Gasteiger partial charge >= 0.3 is 0 Å². The zero-order valence-electron chi connectivity index (χ0n) is 9.63. The Bertz CT molecular complexity index is 149. The van der Waals surface area contributed by atoms with Crippen molar-refractivity contribution in [3.63, 3.8) is 0 Å². The molecule has 0 radical (unpaired) electrons.